The van der Waals surface area contributed by atoms with Gasteiger partial charge in [0.2, 0.25) is 5.91 Å². The summed E-state index contributed by atoms with van der Waals surface area (Å²) in [6.45, 7) is 2.30. The summed E-state index contributed by atoms with van der Waals surface area (Å²) in [5, 5.41) is 6.07. The lowest BCUT2D eigenvalue weighted by atomic mass is 10.2. The molecule has 1 saturated heterocycles. The molecule has 2 N–H and O–H groups in total. The van der Waals surface area contributed by atoms with Crippen LogP contribution in [0.2, 0.25) is 0 Å². The minimum atomic E-state index is -0.00685. The maximum atomic E-state index is 11.7. The summed E-state index contributed by atoms with van der Waals surface area (Å²) in [5.41, 5.74) is 0.833. The Labute approximate surface area is 126 Å². The van der Waals surface area contributed by atoms with Crippen molar-refractivity contribution in [3.8, 4) is 0 Å². The van der Waals surface area contributed by atoms with E-state index < -0.39 is 0 Å². The van der Waals surface area contributed by atoms with Gasteiger partial charge in [-0.2, -0.15) is 0 Å². The number of carbonyl (C=O) groups is 1. The van der Waals surface area contributed by atoms with Crippen LogP contribution in [-0.4, -0.2) is 31.7 Å². The Balaban J connectivity index is 0.00000162. The molecule has 0 bridgehead atoms. The largest absolute Gasteiger partial charge is 0.375 e. The van der Waals surface area contributed by atoms with Crippen LogP contribution in [0.3, 0.4) is 0 Å². The summed E-state index contributed by atoms with van der Waals surface area (Å²) in [6, 6.07) is 7.74. The van der Waals surface area contributed by atoms with Crippen LogP contribution in [0.1, 0.15) is 6.42 Å². The molecule has 6 heteroatoms. The molecule has 0 aliphatic carbocycles. The second-order valence-corrected chi connectivity index (χ2v) is 5.20. The summed E-state index contributed by atoms with van der Waals surface area (Å²) in [6.07, 6.45) is 0.395. The second kappa shape index (κ2) is 7.93. The fourth-order valence-electron chi connectivity index (χ4n) is 1.70. The Hall–Kier alpha value is -0.370. The first kappa shape index (κ1) is 15.7. The highest BCUT2D eigenvalue weighted by Crippen LogP contribution is 2.12. The van der Waals surface area contributed by atoms with Gasteiger partial charge in [0, 0.05) is 22.3 Å². The average molecular weight is 383 g/mol. The summed E-state index contributed by atoms with van der Waals surface area (Å²) < 4.78 is 6.63. The molecule has 0 spiro atoms. The summed E-state index contributed by atoms with van der Waals surface area (Å²) in [5.74, 6) is -0.0000850. The molecule has 1 amide bonds. The molecule has 18 heavy (non-hydrogen) atoms. The van der Waals surface area contributed by atoms with Crippen LogP contribution in [0.25, 0.3) is 0 Å². The molecule has 1 unspecified atom stereocenters. The first-order chi connectivity index (χ1) is 8.24. The molecule has 0 aromatic heterocycles. The number of ether oxygens (including phenoxy) is 1. The molecule has 4 nitrogen and oxygen atoms in total. The molecule has 1 aromatic carbocycles. The highest BCUT2D eigenvalue weighted by Gasteiger charge is 2.17. The number of amides is 1. The third kappa shape index (κ3) is 5.09. The molecular formula is C12H16ClIN2O2. The number of anilines is 1. The zero-order valence-corrected chi connectivity index (χ0v) is 12.8. The van der Waals surface area contributed by atoms with Gasteiger partial charge in [-0.1, -0.05) is 0 Å². The van der Waals surface area contributed by atoms with E-state index in [2.05, 4.69) is 33.2 Å². The predicted octanol–water partition coefficient (Wildman–Crippen LogP) is 2.03. The minimum Gasteiger partial charge on any atom is -0.375 e. The third-order valence-corrected chi connectivity index (χ3v) is 3.26. The number of benzene rings is 1. The van der Waals surface area contributed by atoms with E-state index in [1.165, 1.54) is 0 Å². The van der Waals surface area contributed by atoms with Crippen LogP contribution in [-0.2, 0) is 9.53 Å². The van der Waals surface area contributed by atoms with Crippen molar-refractivity contribution in [3.63, 3.8) is 0 Å². The van der Waals surface area contributed by atoms with Gasteiger partial charge in [0.1, 0.15) is 0 Å². The topological polar surface area (TPSA) is 50.4 Å². The minimum absolute atomic E-state index is 0. The lowest BCUT2D eigenvalue weighted by Crippen LogP contribution is -2.40. The molecule has 1 fully saturated rings. The predicted molar refractivity (Wildman–Crippen MR) is 82.3 cm³/mol. The van der Waals surface area contributed by atoms with E-state index in [0.717, 1.165) is 22.3 Å². The van der Waals surface area contributed by atoms with Crippen molar-refractivity contribution in [1.29, 1.82) is 0 Å². The van der Waals surface area contributed by atoms with Crippen molar-refractivity contribution in [1.82, 2.24) is 5.32 Å². The van der Waals surface area contributed by atoms with Gasteiger partial charge in [0.25, 0.3) is 0 Å². The number of morpholine rings is 1. The van der Waals surface area contributed by atoms with E-state index in [-0.39, 0.29) is 24.4 Å². The Morgan fingerprint density at radius 3 is 2.78 bits per heavy atom. The van der Waals surface area contributed by atoms with Gasteiger partial charge in [-0.3, -0.25) is 4.79 Å². The van der Waals surface area contributed by atoms with Gasteiger partial charge >= 0.3 is 0 Å². The van der Waals surface area contributed by atoms with Crippen LogP contribution in [0, 0.1) is 3.57 Å². The van der Waals surface area contributed by atoms with Gasteiger partial charge in [0.15, 0.2) is 0 Å². The van der Waals surface area contributed by atoms with Crippen molar-refractivity contribution in [3.05, 3.63) is 27.8 Å². The number of rotatable bonds is 3. The first-order valence-corrected chi connectivity index (χ1v) is 6.69. The van der Waals surface area contributed by atoms with E-state index in [1.54, 1.807) is 0 Å². The molecule has 0 saturated carbocycles. The van der Waals surface area contributed by atoms with E-state index in [4.69, 9.17) is 4.74 Å². The molecular weight excluding hydrogens is 367 g/mol. The maximum absolute atomic E-state index is 11.7. The average Bonchev–Trinajstić information content (AvgIpc) is 2.33. The lowest BCUT2D eigenvalue weighted by molar-refractivity contribution is -0.119. The van der Waals surface area contributed by atoms with Crippen LogP contribution in [0.5, 0.6) is 0 Å². The fraction of sp³-hybridized carbons (Fsp3) is 0.417. The van der Waals surface area contributed by atoms with Crippen molar-refractivity contribution in [2.75, 3.05) is 25.0 Å². The molecule has 100 valence electrons. The van der Waals surface area contributed by atoms with Crippen molar-refractivity contribution < 1.29 is 9.53 Å². The molecule has 1 heterocycles. The van der Waals surface area contributed by atoms with Crippen molar-refractivity contribution in [2.45, 2.75) is 12.5 Å². The summed E-state index contributed by atoms with van der Waals surface area (Å²) in [7, 11) is 0. The monoisotopic (exact) mass is 382 g/mol. The zero-order valence-electron chi connectivity index (χ0n) is 9.82. The standard InChI is InChI=1S/C12H15IN2O2.ClH/c13-9-1-3-10(4-2-9)15-12(16)7-11-8-14-5-6-17-11;/h1-4,11,14H,5-8H2,(H,15,16);1H. The van der Waals surface area contributed by atoms with E-state index in [1.807, 2.05) is 24.3 Å². The van der Waals surface area contributed by atoms with Gasteiger partial charge < -0.3 is 15.4 Å². The molecule has 2 rings (SSSR count). The van der Waals surface area contributed by atoms with Gasteiger partial charge in [-0.25, -0.2) is 0 Å². The maximum Gasteiger partial charge on any atom is 0.227 e. The molecule has 1 aliphatic heterocycles. The molecule has 1 aromatic rings. The fourth-order valence-corrected chi connectivity index (χ4v) is 2.06. The highest BCUT2D eigenvalue weighted by molar-refractivity contribution is 14.1. The number of nitrogens with one attached hydrogen (secondary N) is 2. The third-order valence-electron chi connectivity index (χ3n) is 2.55. The second-order valence-electron chi connectivity index (χ2n) is 3.96. The van der Waals surface area contributed by atoms with E-state index in [9.17, 15) is 4.79 Å². The van der Waals surface area contributed by atoms with Crippen molar-refractivity contribution in [2.24, 2.45) is 0 Å². The molecule has 0 radical (unpaired) electrons. The van der Waals surface area contributed by atoms with Crippen LogP contribution >= 0.6 is 35.0 Å². The van der Waals surface area contributed by atoms with Crippen molar-refractivity contribution >= 4 is 46.6 Å². The Morgan fingerprint density at radius 2 is 2.17 bits per heavy atom. The molecule has 1 atom stereocenters. The summed E-state index contributed by atoms with van der Waals surface area (Å²) >= 11 is 2.23. The first-order valence-electron chi connectivity index (χ1n) is 5.62. The SMILES string of the molecule is Cl.O=C(CC1CNCCO1)Nc1ccc(I)cc1. The van der Waals surface area contributed by atoms with Crippen LogP contribution in [0.15, 0.2) is 24.3 Å². The quantitative estimate of drug-likeness (QED) is 0.787. The normalized spacial score (nSPS) is 18.8. The van der Waals surface area contributed by atoms with Gasteiger partial charge in [-0.15, -0.1) is 12.4 Å². The van der Waals surface area contributed by atoms with Crippen LogP contribution < -0.4 is 10.6 Å². The number of carbonyl (C=O) groups excluding carboxylic acids is 1. The highest BCUT2D eigenvalue weighted by atomic mass is 127. The van der Waals surface area contributed by atoms with Gasteiger partial charge in [0.05, 0.1) is 19.1 Å². The zero-order chi connectivity index (χ0) is 12.1. The smallest absolute Gasteiger partial charge is 0.227 e. The number of hydrogen-bond donors (Lipinski definition) is 2. The Bertz CT molecular complexity index is 380. The lowest BCUT2D eigenvalue weighted by Gasteiger charge is -2.23. The van der Waals surface area contributed by atoms with Gasteiger partial charge in [-0.05, 0) is 46.9 Å². The Kier molecular flexibility index (Phi) is 6.91. The van der Waals surface area contributed by atoms with E-state index >= 15 is 0 Å². The number of hydrogen-bond acceptors (Lipinski definition) is 3. The van der Waals surface area contributed by atoms with E-state index in [0.29, 0.717) is 13.0 Å². The van der Waals surface area contributed by atoms with Crippen LogP contribution in [0.4, 0.5) is 5.69 Å². The molecule has 1 aliphatic rings. The summed E-state index contributed by atoms with van der Waals surface area (Å²) in [4.78, 5) is 11.7. The Morgan fingerprint density at radius 1 is 1.44 bits per heavy atom. The number of halogens is 2.